The van der Waals surface area contributed by atoms with Crippen molar-refractivity contribution in [2.24, 2.45) is 0 Å². The molecule has 0 aromatic rings. The van der Waals surface area contributed by atoms with Gasteiger partial charge in [-0.05, 0) is 12.8 Å². The third kappa shape index (κ3) is 4.93. The van der Waals surface area contributed by atoms with Gasteiger partial charge in [-0.1, -0.05) is 6.42 Å². The van der Waals surface area contributed by atoms with Crippen LogP contribution in [0.15, 0.2) is 0 Å². The molecule has 1 rings (SSSR count). The van der Waals surface area contributed by atoms with E-state index in [4.69, 9.17) is 14.6 Å². The predicted octanol–water partition coefficient (Wildman–Crippen LogP) is 0.496. The van der Waals surface area contributed by atoms with Gasteiger partial charge in [0.1, 0.15) is 0 Å². The number of methoxy groups -OCH3 is 1. The van der Waals surface area contributed by atoms with E-state index in [1.54, 1.807) is 7.11 Å². The normalized spacial score (nSPS) is 17.0. The molecule has 0 bridgehead atoms. The Morgan fingerprint density at radius 3 is 2.53 bits per heavy atom. The first-order chi connectivity index (χ1) is 7.38. The first-order valence-corrected chi connectivity index (χ1v) is 5.80. The molecule has 4 nitrogen and oxygen atoms in total. The largest absolute Gasteiger partial charge is 0.395 e. The molecule has 1 aliphatic rings. The van der Waals surface area contributed by atoms with Crippen LogP contribution in [-0.2, 0) is 9.47 Å². The lowest BCUT2D eigenvalue weighted by molar-refractivity contribution is 0.0328. The molecule has 0 saturated heterocycles. The molecular formula is C11H23NO3. The average Bonchev–Trinajstić information content (AvgIpc) is 2.15. The van der Waals surface area contributed by atoms with Crippen molar-refractivity contribution in [3.05, 3.63) is 0 Å². The van der Waals surface area contributed by atoms with E-state index in [-0.39, 0.29) is 6.61 Å². The first kappa shape index (κ1) is 12.9. The lowest BCUT2D eigenvalue weighted by Gasteiger charge is -2.37. The van der Waals surface area contributed by atoms with Gasteiger partial charge in [0.05, 0.1) is 26.4 Å². The number of ether oxygens (including phenoxy) is 2. The second-order valence-electron chi connectivity index (χ2n) is 3.95. The predicted molar refractivity (Wildman–Crippen MR) is 59.0 cm³/mol. The molecule has 0 aliphatic heterocycles. The quantitative estimate of drug-likeness (QED) is 0.571. The lowest BCUT2D eigenvalue weighted by atomic mass is 9.91. The Hall–Kier alpha value is -0.160. The monoisotopic (exact) mass is 217 g/mol. The maximum absolute atomic E-state index is 8.94. The molecule has 0 atom stereocenters. The zero-order chi connectivity index (χ0) is 10.9. The fraction of sp³-hybridized carbons (Fsp3) is 1.00. The van der Waals surface area contributed by atoms with Gasteiger partial charge in [-0.2, -0.15) is 0 Å². The van der Waals surface area contributed by atoms with Gasteiger partial charge in [0.15, 0.2) is 0 Å². The Balaban J connectivity index is 2.03. The highest BCUT2D eigenvalue weighted by Gasteiger charge is 2.23. The van der Waals surface area contributed by atoms with Crippen LogP contribution in [0, 0.1) is 0 Å². The van der Waals surface area contributed by atoms with Gasteiger partial charge >= 0.3 is 0 Å². The van der Waals surface area contributed by atoms with E-state index in [1.807, 2.05) is 0 Å². The van der Waals surface area contributed by atoms with Crippen LogP contribution in [0.5, 0.6) is 0 Å². The van der Waals surface area contributed by atoms with Crippen LogP contribution in [0.25, 0.3) is 0 Å². The lowest BCUT2D eigenvalue weighted by Crippen LogP contribution is -2.43. The number of rotatable bonds is 9. The first-order valence-electron chi connectivity index (χ1n) is 5.80. The molecule has 0 radical (unpaired) electrons. The van der Waals surface area contributed by atoms with Crippen molar-refractivity contribution in [1.82, 2.24) is 4.90 Å². The fourth-order valence-electron chi connectivity index (χ4n) is 1.78. The molecule has 0 heterocycles. The van der Waals surface area contributed by atoms with E-state index in [0.717, 1.165) is 19.7 Å². The molecule has 0 spiro atoms. The topological polar surface area (TPSA) is 41.9 Å². The van der Waals surface area contributed by atoms with Crippen molar-refractivity contribution in [2.45, 2.75) is 25.3 Å². The van der Waals surface area contributed by atoms with Gasteiger partial charge in [-0.3, -0.25) is 4.90 Å². The smallest absolute Gasteiger partial charge is 0.0700 e. The Labute approximate surface area is 92.2 Å². The van der Waals surface area contributed by atoms with Crippen LogP contribution in [0.3, 0.4) is 0 Å². The molecule has 4 heteroatoms. The Morgan fingerprint density at radius 1 is 1.20 bits per heavy atom. The van der Waals surface area contributed by atoms with Gasteiger partial charge in [0, 0.05) is 26.2 Å². The summed E-state index contributed by atoms with van der Waals surface area (Å²) in [6.45, 7) is 4.00. The fourth-order valence-corrected chi connectivity index (χ4v) is 1.78. The van der Waals surface area contributed by atoms with E-state index < -0.39 is 0 Å². The van der Waals surface area contributed by atoms with E-state index in [1.165, 1.54) is 19.3 Å². The van der Waals surface area contributed by atoms with Crippen LogP contribution >= 0.6 is 0 Å². The van der Waals surface area contributed by atoms with E-state index in [9.17, 15) is 0 Å². The summed E-state index contributed by atoms with van der Waals surface area (Å²) < 4.78 is 10.3. The summed E-state index contributed by atoms with van der Waals surface area (Å²) in [6.07, 6.45) is 3.88. The third-order valence-electron chi connectivity index (χ3n) is 2.93. The molecule has 0 aromatic carbocycles. The molecule has 1 aliphatic carbocycles. The second kappa shape index (κ2) is 8.05. The van der Waals surface area contributed by atoms with E-state index in [0.29, 0.717) is 19.3 Å². The molecular weight excluding hydrogens is 194 g/mol. The molecule has 1 fully saturated rings. The summed E-state index contributed by atoms with van der Waals surface area (Å²) in [6, 6.07) is 0.683. The van der Waals surface area contributed by atoms with Crippen molar-refractivity contribution in [3.8, 4) is 0 Å². The van der Waals surface area contributed by atoms with E-state index >= 15 is 0 Å². The second-order valence-corrected chi connectivity index (χ2v) is 3.95. The highest BCUT2D eigenvalue weighted by atomic mass is 16.5. The van der Waals surface area contributed by atoms with Crippen molar-refractivity contribution >= 4 is 0 Å². The zero-order valence-electron chi connectivity index (χ0n) is 9.65. The summed E-state index contributed by atoms with van der Waals surface area (Å²) in [5.74, 6) is 0. The maximum atomic E-state index is 8.94. The minimum Gasteiger partial charge on any atom is -0.395 e. The Morgan fingerprint density at radius 2 is 2.00 bits per heavy atom. The zero-order valence-corrected chi connectivity index (χ0v) is 9.65. The minimum absolute atomic E-state index is 0.245. The number of hydrogen-bond donors (Lipinski definition) is 1. The summed E-state index contributed by atoms with van der Waals surface area (Å²) >= 11 is 0. The van der Waals surface area contributed by atoms with Crippen molar-refractivity contribution in [2.75, 3.05) is 46.6 Å². The number of aliphatic hydroxyl groups excluding tert-OH is 1. The Kier molecular flexibility index (Phi) is 6.92. The summed E-state index contributed by atoms with van der Waals surface area (Å²) in [5.41, 5.74) is 0. The summed E-state index contributed by atoms with van der Waals surface area (Å²) in [5, 5.41) is 8.94. The molecule has 15 heavy (non-hydrogen) atoms. The van der Waals surface area contributed by atoms with Crippen LogP contribution in [0.4, 0.5) is 0 Å². The van der Waals surface area contributed by atoms with Crippen LogP contribution in [-0.4, -0.2) is 62.7 Å². The summed E-state index contributed by atoms with van der Waals surface area (Å²) in [7, 11) is 1.68. The van der Waals surface area contributed by atoms with Gasteiger partial charge < -0.3 is 14.6 Å². The van der Waals surface area contributed by atoms with Gasteiger partial charge in [0.2, 0.25) is 0 Å². The average molecular weight is 217 g/mol. The maximum Gasteiger partial charge on any atom is 0.0700 e. The standard InChI is InChI=1S/C11H23NO3/c1-14-9-10-15-8-6-12(5-7-13)11-3-2-4-11/h11,13H,2-10H2,1H3. The van der Waals surface area contributed by atoms with Crippen molar-refractivity contribution < 1.29 is 14.6 Å². The van der Waals surface area contributed by atoms with Crippen molar-refractivity contribution in [1.29, 1.82) is 0 Å². The molecule has 0 unspecified atom stereocenters. The third-order valence-corrected chi connectivity index (χ3v) is 2.93. The number of hydrogen-bond acceptors (Lipinski definition) is 4. The van der Waals surface area contributed by atoms with Crippen molar-refractivity contribution in [3.63, 3.8) is 0 Å². The van der Waals surface area contributed by atoms with Crippen LogP contribution in [0.2, 0.25) is 0 Å². The van der Waals surface area contributed by atoms with Crippen LogP contribution in [0.1, 0.15) is 19.3 Å². The SMILES string of the molecule is COCCOCCN(CCO)C1CCC1. The van der Waals surface area contributed by atoms with Gasteiger partial charge in [-0.15, -0.1) is 0 Å². The van der Waals surface area contributed by atoms with E-state index in [2.05, 4.69) is 4.90 Å². The molecule has 0 aromatic heterocycles. The Bertz CT molecular complexity index is 151. The van der Waals surface area contributed by atoms with Gasteiger partial charge in [-0.25, -0.2) is 0 Å². The molecule has 1 saturated carbocycles. The summed E-state index contributed by atoms with van der Waals surface area (Å²) in [4.78, 5) is 2.33. The highest BCUT2D eigenvalue weighted by Crippen LogP contribution is 2.24. The number of nitrogens with zero attached hydrogens (tertiary/aromatic N) is 1. The van der Waals surface area contributed by atoms with Crippen LogP contribution < -0.4 is 0 Å². The minimum atomic E-state index is 0.245. The highest BCUT2D eigenvalue weighted by molar-refractivity contribution is 4.79. The number of aliphatic hydroxyl groups is 1. The molecule has 90 valence electrons. The van der Waals surface area contributed by atoms with Gasteiger partial charge in [0.25, 0.3) is 0 Å². The molecule has 0 amide bonds. The molecule has 1 N–H and O–H groups in total.